The molecule has 1 atom stereocenters. The van der Waals surface area contributed by atoms with Gasteiger partial charge in [-0.15, -0.1) is 0 Å². The van der Waals surface area contributed by atoms with Gasteiger partial charge >= 0.3 is 0 Å². The molecule has 1 aliphatic carbocycles. The third kappa shape index (κ3) is 2.65. The molecule has 1 aromatic carbocycles. The fourth-order valence-corrected chi connectivity index (χ4v) is 4.19. The molecule has 0 bridgehead atoms. The molecule has 1 aliphatic heterocycles. The molecule has 0 spiro atoms. The highest BCUT2D eigenvalue weighted by Gasteiger charge is 2.29. The molecular weight excluding hydrogens is 286 g/mol. The summed E-state index contributed by atoms with van der Waals surface area (Å²) in [7, 11) is -3.44. The van der Waals surface area contributed by atoms with Crippen LogP contribution in [0.25, 0.3) is 5.70 Å². The Bertz CT molecular complexity index is 760. The lowest BCUT2D eigenvalue weighted by Gasteiger charge is -2.17. The second kappa shape index (κ2) is 5.15. The van der Waals surface area contributed by atoms with Crippen molar-refractivity contribution in [2.45, 2.75) is 31.1 Å². The number of nitrogens with one attached hydrogen (secondary N) is 1. The molecule has 110 valence electrons. The number of rotatable bonds is 2. The summed E-state index contributed by atoms with van der Waals surface area (Å²) in [6.45, 7) is 1.85. The highest BCUT2D eigenvalue weighted by atomic mass is 32.2. The Hall–Kier alpha value is -1.88. The van der Waals surface area contributed by atoms with Gasteiger partial charge in [-0.3, -0.25) is 4.79 Å². The molecule has 0 saturated heterocycles. The van der Waals surface area contributed by atoms with Crippen LogP contribution in [0.1, 0.15) is 30.4 Å². The van der Waals surface area contributed by atoms with Crippen LogP contribution in [0.3, 0.4) is 0 Å². The van der Waals surface area contributed by atoms with E-state index in [1.165, 1.54) is 0 Å². The standard InChI is InChI=1S/C16H17NO3S/c1-11-7-8-13-14(10-21(19,20)15(13)9-11)17-16(18)12-5-3-2-4-6-12/h2-3,7-10,12H,4-6H2,1H3,(H,17,18). The number of hydrogen-bond donors (Lipinski definition) is 1. The molecule has 1 amide bonds. The average Bonchev–Trinajstić information content (AvgIpc) is 2.70. The van der Waals surface area contributed by atoms with Crippen molar-refractivity contribution < 1.29 is 13.2 Å². The maximum Gasteiger partial charge on any atom is 0.227 e. The van der Waals surface area contributed by atoms with E-state index in [9.17, 15) is 13.2 Å². The maximum absolute atomic E-state index is 12.3. The zero-order valence-corrected chi connectivity index (χ0v) is 12.6. The Labute approximate surface area is 124 Å². The number of allylic oxidation sites excluding steroid dienone is 2. The van der Waals surface area contributed by atoms with Crippen molar-refractivity contribution in [3.63, 3.8) is 0 Å². The maximum atomic E-state index is 12.3. The van der Waals surface area contributed by atoms with E-state index in [0.717, 1.165) is 23.8 Å². The fraction of sp³-hybridized carbons (Fsp3) is 0.312. The number of aryl methyl sites for hydroxylation is 1. The lowest BCUT2D eigenvalue weighted by Crippen LogP contribution is -2.29. The first-order valence-corrected chi connectivity index (χ1v) is 8.56. The van der Waals surface area contributed by atoms with Crippen LogP contribution in [0.2, 0.25) is 0 Å². The summed E-state index contributed by atoms with van der Waals surface area (Å²) in [6, 6.07) is 5.24. The predicted molar refractivity (Wildman–Crippen MR) is 81.0 cm³/mol. The van der Waals surface area contributed by atoms with E-state index in [1.807, 2.05) is 19.1 Å². The summed E-state index contributed by atoms with van der Waals surface area (Å²) >= 11 is 0. The Morgan fingerprint density at radius 2 is 2.10 bits per heavy atom. The Morgan fingerprint density at radius 3 is 2.81 bits per heavy atom. The van der Waals surface area contributed by atoms with Crippen molar-refractivity contribution in [3.05, 3.63) is 46.9 Å². The van der Waals surface area contributed by atoms with Crippen molar-refractivity contribution in [2.24, 2.45) is 5.92 Å². The molecular formula is C16H17NO3S. The van der Waals surface area contributed by atoms with E-state index in [2.05, 4.69) is 11.4 Å². The zero-order valence-electron chi connectivity index (χ0n) is 11.8. The van der Waals surface area contributed by atoms with Gasteiger partial charge in [0.15, 0.2) is 0 Å². The molecule has 3 rings (SSSR count). The van der Waals surface area contributed by atoms with Gasteiger partial charge in [-0.2, -0.15) is 0 Å². The molecule has 0 fully saturated rings. The molecule has 0 aromatic heterocycles. The normalized spacial score (nSPS) is 22.5. The lowest BCUT2D eigenvalue weighted by molar-refractivity contribution is -0.123. The number of carbonyl (C=O) groups excluding carboxylic acids is 1. The largest absolute Gasteiger partial charge is 0.325 e. The van der Waals surface area contributed by atoms with E-state index in [4.69, 9.17) is 0 Å². The summed E-state index contributed by atoms with van der Waals surface area (Å²) < 4.78 is 24.3. The second-order valence-corrected chi connectivity index (χ2v) is 7.31. The molecule has 21 heavy (non-hydrogen) atoms. The zero-order chi connectivity index (χ0) is 15.0. The number of hydrogen-bond acceptors (Lipinski definition) is 3. The lowest BCUT2D eigenvalue weighted by atomic mass is 9.93. The van der Waals surface area contributed by atoms with E-state index in [-0.39, 0.29) is 16.7 Å². The van der Waals surface area contributed by atoms with Gasteiger partial charge in [0, 0.05) is 11.5 Å². The summed E-state index contributed by atoms with van der Waals surface area (Å²) in [5.74, 6) is -0.178. The van der Waals surface area contributed by atoms with Crippen LogP contribution in [0.5, 0.6) is 0 Å². The number of sulfone groups is 1. The van der Waals surface area contributed by atoms with Gasteiger partial charge in [0.1, 0.15) is 0 Å². The molecule has 4 nitrogen and oxygen atoms in total. The molecule has 2 aliphatic rings. The third-order valence-electron chi connectivity index (χ3n) is 3.90. The van der Waals surface area contributed by atoms with Crippen LogP contribution in [0, 0.1) is 12.8 Å². The summed E-state index contributed by atoms with van der Waals surface area (Å²) in [5.41, 5.74) is 1.86. The van der Waals surface area contributed by atoms with Crippen LogP contribution >= 0.6 is 0 Å². The minimum atomic E-state index is -3.44. The van der Waals surface area contributed by atoms with Crippen LogP contribution in [0.15, 0.2) is 40.7 Å². The SMILES string of the molecule is Cc1ccc2c(c1)S(=O)(=O)C=C2NC(=O)C1CC=CCC1. The predicted octanol–water partition coefficient (Wildman–Crippen LogP) is 2.55. The summed E-state index contributed by atoms with van der Waals surface area (Å²) in [4.78, 5) is 12.5. The Balaban J connectivity index is 1.88. The van der Waals surface area contributed by atoms with E-state index >= 15 is 0 Å². The first-order chi connectivity index (χ1) is 9.97. The fourth-order valence-electron chi connectivity index (χ4n) is 2.73. The van der Waals surface area contributed by atoms with Crippen molar-refractivity contribution in [3.8, 4) is 0 Å². The first kappa shape index (κ1) is 14.1. The van der Waals surface area contributed by atoms with Crippen molar-refractivity contribution >= 4 is 21.4 Å². The highest BCUT2D eigenvalue weighted by Crippen LogP contribution is 2.33. The second-order valence-electron chi connectivity index (χ2n) is 5.55. The van der Waals surface area contributed by atoms with E-state index in [1.54, 1.807) is 12.1 Å². The third-order valence-corrected chi connectivity index (χ3v) is 5.40. The highest BCUT2D eigenvalue weighted by molar-refractivity contribution is 7.95. The summed E-state index contributed by atoms with van der Waals surface area (Å²) in [6.07, 6.45) is 6.49. The van der Waals surface area contributed by atoms with Crippen molar-refractivity contribution in [1.29, 1.82) is 0 Å². The Morgan fingerprint density at radius 1 is 1.29 bits per heavy atom. The minimum absolute atomic E-state index is 0.0758. The van der Waals surface area contributed by atoms with Crippen LogP contribution < -0.4 is 5.32 Å². The molecule has 1 N–H and O–H groups in total. The van der Waals surface area contributed by atoms with Gasteiger partial charge in [-0.25, -0.2) is 8.42 Å². The monoisotopic (exact) mass is 303 g/mol. The smallest absolute Gasteiger partial charge is 0.227 e. The first-order valence-electron chi connectivity index (χ1n) is 7.01. The van der Waals surface area contributed by atoms with Crippen LogP contribution in [-0.4, -0.2) is 14.3 Å². The van der Waals surface area contributed by atoms with Gasteiger partial charge in [0.05, 0.1) is 16.0 Å². The van der Waals surface area contributed by atoms with Gasteiger partial charge in [-0.05, 0) is 37.8 Å². The molecule has 1 unspecified atom stereocenters. The summed E-state index contributed by atoms with van der Waals surface area (Å²) in [5, 5.41) is 3.95. The molecule has 5 heteroatoms. The van der Waals surface area contributed by atoms with E-state index in [0.29, 0.717) is 17.7 Å². The van der Waals surface area contributed by atoms with Crippen molar-refractivity contribution in [2.75, 3.05) is 0 Å². The topological polar surface area (TPSA) is 63.2 Å². The number of amides is 1. The average molecular weight is 303 g/mol. The van der Waals surface area contributed by atoms with Crippen LogP contribution in [-0.2, 0) is 14.6 Å². The van der Waals surface area contributed by atoms with Crippen molar-refractivity contribution in [1.82, 2.24) is 5.32 Å². The number of carbonyl (C=O) groups is 1. The van der Waals surface area contributed by atoms with Gasteiger partial charge < -0.3 is 5.32 Å². The quantitative estimate of drug-likeness (QED) is 0.854. The minimum Gasteiger partial charge on any atom is -0.325 e. The molecule has 0 radical (unpaired) electrons. The number of fused-ring (bicyclic) bond motifs is 1. The molecule has 1 heterocycles. The number of benzene rings is 1. The Kier molecular flexibility index (Phi) is 3.45. The van der Waals surface area contributed by atoms with Gasteiger partial charge in [0.2, 0.25) is 15.7 Å². The van der Waals surface area contributed by atoms with E-state index < -0.39 is 9.84 Å². The van der Waals surface area contributed by atoms with Gasteiger partial charge in [-0.1, -0.05) is 24.3 Å². The molecule has 0 saturated carbocycles. The van der Waals surface area contributed by atoms with Crippen LogP contribution in [0.4, 0.5) is 0 Å². The molecule has 1 aromatic rings. The van der Waals surface area contributed by atoms with Gasteiger partial charge in [0.25, 0.3) is 0 Å².